The van der Waals surface area contributed by atoms with Gasteiger partial charge in [-0.15, -0.1) is 0 Å². The molecule has 4 aliphatic rings. The number of carbonyl (C=O) groups is 1. The van der Waals surface area contributed by atoms with Gasteiger partial charge < -0.3 is 14.2 Å². The van der Waals surface area contributed by atoms with Gasteiger partial charge >= 0.3 is 5.97 Å². The molecule has 3 heterocycles. The standard InChI is InChI=1S/C20H28O4/c1-12-5-7-16-20(4,24-16)10-9-14-13(11-22-18(21)17(12)14)6-8-15-19(2,3)23-15/h6,14-17H,1,5,7-11H2,2-4H3. The van der Waals surface area contributed by atoms with Gasteiger partial charge in [0.1, 0.15) is 6.61 Å². The number of rotatable bonds is 2. The highest BCUT2D eigenvalue weighted by molar-refractivity contribution is 5.78. The molecule has 4 nitrogen and oxygen atoms in total. The summed E-state index contributed by atoms with van der Waals surface area (Å²) in [5.41, 5.74) is 2.25. The molecule has 0 aromatic carbocycles. The number of epoxide rings is 2. The van der Waals surface area contributed by atoms with Crippen molar-refractivity contribution in [3.8, 4) is 0 Å². The number of ether oxygens (including phenoxy) is 3. The largest absolute Gasteiger partial charge is 0.461 e. The van der Waals surface area contributed by atoms with Crippen LogP contribution in [0.3, 0.4) is 0 Å². The molecule has 0 aromatic rings. The van der Waals surface area contributed by atoms with E-state index in [1.807, 2.05) is 0 Å². The fourth-order valence-electron chi connectivity index (χ4n) is 4.46. The molecule has 0 aromatic heterocycles. The first-order valence-electron chi connectivity index (χ1n) is 9.19. The van der Waals surface area contributed by atoms with Crippen LogP contribution in [0.1, 0.15) is 52.9 Å². The molecule has 0 spiro atoms. The first-order valence-corrected chi connectivity index (χ1v) is 9.19. The second-order valence-corrected chi connectivity index (χ2v) is 8.57. The van der Waals surface area contributed by atoms with Crippen LogP contribution >= 0.6 is 0 Å². The molecule has 0 bridgehead atoms. The summed E-state index contributed by atoms with van der Waals surface area (Å²) in [7, 11) is 0. The SMILES string of the molecule is C=C1CCC2OC2(C)CCC2C(=CCC3OC3(C)C)COC(=O)C12. The summed E-state index contributed by atoms with van der Waals surface area (Å²) in [4.78, 5) is 12.4. The summed E-state index contributed by atoms with van der Waals surface area (Å²) in [5, 5.41) is 0. The Labute approximate surface area is 144 Å². The zero-order valence-corrected chi connectivity index (χ0v) is 15.0. The number of carbonyl (C=O) groups excluding carboxylic acids is 1. The maximum atomic E-state index is 12.4. The maximum absolute atomic E-state index is 12.4. The smallest absolute Gasteiger partial charge is 0.313 e. The van der Waals surface area contributed by atoms with E-state index in [1.165, 1.54) is 5.57 Å². The maximum Gasteiger partial charge on any atom is 0.313 e. The third-order valence-electron chi connectivity index (χ3n) is 6.43. The van der Waals surface area contributed by atoms with E-state index in [-0.39, 0.29) is 35.1 Å². The fourth-order valence-corrected chi connectivity index (χ4v) is 4.46. The average molecular weight is 332 g/mol. The van der Waals surface area contributed by atoms with Gasteiger partial charge in [0.25, 0.3) is 0 Å². The van der Waals surface area contributed by atoms with Crippen molar-refractivity contribution in [2.45, 2.75) is 76.3 Å². The van der Waals surface area contributed by atoms with Crippen LogP contribution in [-0.4, -0.2) is 36.0 Å². The van der Waals surface area contributed by atoms with Crippen molar-refractivity contribution < 1.29 is 19.0 Å². The minimum Gasteiger partial charge on any atom is -0.461 e. The molecule has 4 fully saturated rings. The molecule has 3 saturated heterocycles. The Morgan fingerprint density at radius 1 is 1.25 bits per heavy atom. The van der Waals surface area contributed by atoms with Crippen molar-refractivity contribution in [3.63, 3.8) is 0 Å². The molecule has 5 unspecified atom stereocenters. The van der Waals surface area contributed by atoms with Gasteiger partial charge in [0.2, 0.25) is 0 Å². The molecule has 0 N–H and O–H groups in total. The molecule has 132 valence electrons. The summed E-state index contributed by atoms with van der Waals surface area (Å²) >= 11 is 0. The predicted molar refractivity (Wildman–Crippen MR) is 90.5 cm³/mol. The lowest BCUT2D eigenvalue weighted by Crippen LogP contribution is -2.36. The first kappa shape index (κ1) is 16.3. The predicted octanol–water partition coefficient (Wildman–Crippen LogP) is 3.56. The van der Waals surface area contributed by atoms with E-state index in [0.29, 0.717) is 12.7 Å². The van der Waals surface area contributed by atoms with Crippen molar-refractivity contribution in [2.75, 3.05) is 6.61 Å². The topological polar surface area (TPSA) is 51.4 Å². The molecule has 24 heavy (non-hydrogen) atoms. The van der Waals surface area contributed by atoms with E-state index in [2.05, 4.69) is 33.4 Å². The van der Waals surface area contributed by atoms with Crippen LogP contribution in [-0.2, 0) is 19.0 Å². The number of hydrogen-bond acceptors (Lipinski definition) is 4. The zero-order valence-electron chi connectivity index (χ0n) is 15.0. The Balaban J connectivity index is 1.55. The molecule has 0 amide bonds. The summed E-state index contributed by atoms with van der Waals surface area (Å²) in [6.45, 7) is 11.1. The molecular weight excluding hydrogens is 304 g/mol. The van der Waals surface area contributed by atoms with E-state index < -0.39 is 0 Å². The molecule has 3 aliphatic heterocycles. The normalized spacial score (nSPS) is 45.4. The quantitative estimate of drug-likeness (QED) is 0.441. The molecule has 0 radical (unpaired) electrons. The van der Waals surface area contributed by atoms with E-state index in [4.69, 9.17) is 14.2 Å². The minimum atomic E-state index is -0.181. The molecule has 4 heteroatoms. The number of cyclic esters (lactones) is 1. The number of hydrogen-bond donors (Lipinski definition) is 0. The number of fused-ring (bicyclic) bond motifs is 2. The van der Waals surface area contributed by atoms with Gasteiger partial charge in [0.15, 0.2) is 0 Å². The third-order valence-corrected chi connectivity index (χ3v) is 6.43. The average Bonchev–Trinajstić information content (AvgIpc) is 3.36. The monoisotopic (exact) mass is 332 g/mol. The van der Waals surface area contributed by atoms with Crippen molar-refractivity contribution in [2.24, 2.45) is 11.8 Å². The van der Waals surface area contributed by atoms with Crippen LogP contribution in [0, 0.1) is 11.8 Å². The van der Waals surface area contributed by atoms with Gasteiger partial charge in [-0.25, -0.2) is 0 Å². The van der Waals surface area contributed by atoms with Gasteiger partial charge in [-0.1, -0.05) is 18.2 Å². The fraction of sp³-hybridized carbons (Fsp3) is 0.750. The van der Waals surface area contributed by atoms with Crippen molar-refractivity contribution in [1.82, 2.24) is 0 Å². The van der Waals surface area contributed by atoms with Crippen LogP contribution in [0.5, 0.6) is 0 Å². The third kappa shape index (κ3) is 2.84. The molecule has 4 rings (SSSR count). The molecule has 1 saturated carbocycles. The Bertz CT molecular complexity index is 605. The second kappa shape index (κ2) is 5.43. The Kier molecular flexibility index (Phi) is 3.70. The lowest BCUT2D eigenvalue weighted by atomic mass is 9.76. The zero-order chi connectivity index (χ0) is 17.1. The van der Waals surface area contributed by atoms with Crippen LogP contribution in [0.2, 0.25) is 0 Å². The van der Waals surface area contributed by atoms with Gasteiger partial charge in [-0.05, 0) is 58.4 Å². The van der Waals surface area contributed by atoms with Crippen LogP contribution in [0.4, 0.5) is 0 Å². The second-order valence-electron chi connectivity index (χ2n) is 8.57. The minimum absolute atomic E-state index is 0.00320. The highest BCUT2D eigenvalue weighted by atomic mass is 16.6. The van der Waals surface area contributed by atoms with Crippen LogP contribution in [0.15, 0.2) is 23.8 Å². The molecular formula is C20H28O4. The van der Waals surface area contributed by atoms with Crippen molar-refractivity contribution in [3.05, 3.63) is 23.8 Å². The highest BCUT2D eigenvalue weighted by Crippen LogP contribution is 2.49. The van der Waals surface area contributed by atoms with E-state index in [0.717, 1.165) is 37.7 Å². The number of esters is 1. The Hall–Kier alpha value is -1.13. The summed E-state index contributed by atoms with van der Waals surface area (Å²) in [5.74, 6) is -0.0635. The van der Waals surface area contributed by atoms with Gasteiger partial charge in [0, 0.05) is 5.92 Å². The van der Waals surface area contributed by atoms with Gasteiger partial charge in [0.05, 0.1) is 29.3 Å². The van der Waals surface area contributed by atoms with E-state index in [9.17, 15) is 4.79 Å². The van der Waals surface area contributed by atoms with Crippen LogP contribution < -0.4 is 0 Å². The summed E-state index contributed by atoms with van der Waals surface area (Å²) in [6, 6.07) is 0. The summed E-state index contributed by atoms with van der Waals surface area (Å²) in [6.07, 6.45) is 7.55. The van der Waals surface area contributed by atoms with Crippen LogP contribution in [0.25, 0.3) is 0 Å². The Morgan fingerprint density at radius 3 is 2.71 bits per heavy atom. The van der Waals surface area contributed by atoms with Crippen molar-refractivity contribution in [1.29, 1.82) is 0 Å². The van der Waals surface area contributed by atoms with Crippen molar-refractivity contribution >= 4 is 5.97 Å². The lowest BCUT2D eigenvalue weighted by Gasteiger charge is -2.34. The molecule has 5 atom stereocenters. The Morgan fingerprint density at radius 2 is 2.00 bits per heavy atom. The summed E-state index contributed by atoms with van der Waals surface area (Å²) < 4.78 is 17.1. The van der Waals surface area contributed by atoms with E-state index >= 15 is 0 Å². The highest BCUT2D eigenvalue weighted by Gasteiger charge is 2.53. The molecule has 1 aliphatic carbocycles. The first-order chi connectivity index (χ1) is 11.3. The van der Waals surface area contributed by atoms with Gasteiger partial charge in [-0.2, -0.15) is 0 Å². The lowest BCUT2D eigenvalue weighted by molar-refractivity contribution is -0.151. The van der Waals surface area contributed by atoms with Gasteiger partial charge in [-0.3, -0.25) is 4.79 Å². The van der Waals surface area contributed by atoms with E-state index in [1.54, 1.807) is 0 Å².